The van der Waals surface area contributed by atoms with Crippen LogP contribution < -0.4 is 11.1 Å². The molecule has 0 radical (unpaired) electrons. The van der Waals surface area contributed by atoms with Gasteiger partial charge in [0.25, 0.3) is 0 Å². The van der Waals surface area contributed by atoms with Gasteiger partial charge < -0.3 is 20.5 Å². The molecule has 0 fully saturated rings. The summed E-state index contributed by atoms with van der Waals surface area (Å²) in [5, 5.41) is 3.05. The number of hydrogen-bond acceptors (Lipinski definition) is 6. The SMILES string of the molecule is CCOC(=O)C(C)NCCCC[C@@H](N)C(=O)OC. The number of unbranched alkanes of at least 4 members (excludes halogenated alkanes) is 1. The molecule has 0 bridgehead atoms. The van der Waals surface area contributed by atoms with E-state index in [-0.39, 0.29) is 18.0 Å². The van der Waals surface area contributed by atoms with Crippen molar-refractivity contribution in [3.05, 3.63) is 0 Å². The first kappa shape index (κ1) is 16.9. The number of hydrogen-bond donors (Lipinski definition) is 2. The molecule has 0 aromatic heterocycles. The molecule has 6 heteroatoms. The Hall–Kier alpha value is -1.14. The van der Waals surface area contributed by atoms with Crippen LogP contribution in [0.5, 0.6) is 0 Å². The monoisotopic (exact) mass is 260 g/mol. The molecule has 0 aromatic carbocycles. The molecular formula is C12H24N2O4. The summed E-state index contributed by atoms with van der Waals surface area (Å²) < 4.78 is 9.39. The van der Waals surface area contributed by atoms with Crippen molar-refractivity contribution in [3.63, 3.8) is 0 Å². The van der Waals surface area contributed by atoms with Crippen LogP contribution in [0.3, 0.4) is 0 Å². The van der Waals surface area contributed by atoms with Crippen LogP contribution in [0.15, 0.2) is 0 Å². The van der Waals surface area contributed by atoms with Crippen molar-refractivity contribution in [2.75, 3.05) is 20.3 Å². The maximum atomic E-state index is 11.3. The molecule has 0 rings (SSSR count). The summed E-state index contributed by atoms with van der Waals surface area (Å²) in [7, 11) is 1.32. The lowest BCUT2D eigenvalue weighted by atomic mass is 10.1. The number of methoxy groups -OCH3 is 1. The van der Waals surface area contributed by atoms with Gasteiger partial charge in [0.05, 0.1) is 13.7 Å². The van der Waals surface area contributed by atoms with Gasteiger partial charge >= 0.3 is 11.9 Å². The molecular weight excluding hydrogens is 236 g/mol. The van der Waals surface area contributed by atoms with Gasteiger partial charge in [-0.2, -0.15) is 0 Å². The lowest BCUT2D eigenvalue weighted by Crippen LogP contribution is -2.36. The van der Waals surface area contributed by atoms with Crippen LogP contribution in [0.2, 0.25) is 0 Å². The largest absolute Gasteiger partial charge is 0.468 e. The molecule has 0 heterocycles. The Morgan fingerprint density at radius 3 is 2.50 bits per heavy atom. The highest BCUT2D eigenvalue weighted by molar-refractivity contribution is 5.75. The van der Waals surface area contributed by atoms with E-state index in [0.29, 0.717) is 19.6 Å². The van der Waals surface area contributed by atoms with Crippen LogP contribution in [0.1, 0.15) is 33.1 Å². The molecule has 0 aliphatic carbocycles. The molecule has 0 saturated heterocycles. The highest BCUT2D eigenvalue weighted by Crippen LogP contribution is 2.00. The standard InChI is InChI=1S/C12H24N2O4/c1-4-18-11(15)9(2)14-8-6-5-7-10(13)12(16)17-3/h9-10,14H,4-8,13H2,1-3H3/t9?,10-/m1/s1. The Bertz CT molecular complexity index is 258. The van der Waals surface area contributed by atoms with Gasteiger partial charge in [-0.25, -0.2) is 0 Å². The molecule has 1 unspecified atom stereocenters. The van der Waals surface area contributed by atoms with Crippen molar-refractivity contribution >= 4 is 11.9 Å². The Morgan fingerprint density at radius 1 is 1.28 bits per heavy atom. The second-order valence-electron chi connectivity index (χ2n) is 4.05. The molecule has 6 nitrogen and oxygen atoms in total. The van der Waals surface area contributed by atoms with E-state index < -0.39 is 6.04 Å². The number of nitrogens with two attached hydrogens (primary N) is 1. The summed E-state index contributed by atoms with van der Waals surface area (Å²) in [5.41, 5.74) is 5.59. The Balaban J connectivity index is 3.56. The number of rotatable bonds is 9. The minimum Gasteiger partial charge on any atom is -0.468 e. The van der Waals surface area contributed by atoms with Gasteiger partial charge in [0.2, 0.25) is 0 Å². The van der Waals surface area contributed by atoms with Crippen LogP contribution >= 0.6 is 0 Å². The maximum Gasteiger partial charge on any atom is 0.322 e. The lowest BCUT2D eigenvalue weighted by Gasteiger charge is -2.13. The quantitative estimate of drug-likeness (QED) is 0.454. The minimum atomic E-state index is -0.558. The molecule has 0 amide bonds. The third-order valence-corrected chi connectivity index (χ3v) is 2.54. The fourth-order valence-electron chi connectivity index (χ4n) is 1.43. The van der Waals surface area contributed by atoms with Gasteiger partial charge in [-0.15, -0.1) is 0 Å². The van der Waals surface area contributed by atoms with Crippen LogP contribution in [-0.2, 0) is 19.1 Å². The normalized spacial score (nSPS) is 13.8. The molecule has 2 atom stereocenters. The third-order valence-electron chi connectivity index (χ3n) is 2.54. The summed E-state index contributed by atoms with van der Waals surface area (Å²) in [5.74, 6) is -0.633. The fourth-order valence-corrected chi connectivity index (χ4v) is 1.43. The van der Waals surface area contributed by atoms with Gasteiger partial charge in [0.1, 0.15) is 12.1 Å². The summed E-state index contributed by atoms with van der Waals surface area (Å²) in [6.07, 6.45) is 2.23. The molecule has 0 aliphatic rings. The molecule has 3 N–H and O–H groups in total. The summed E-state index contributed by atoms with van der Waals surface area (Å²) in [4.78, 5) is 22.3. The molecule has 0 saturated carbocycles. The summed E-state index contributed by atoms with van der Waals surface area (Å²) >= 11 is 0. The van der Waals surface area contributed by atoms with Gasteiger partial charge in [-0.05, 0) is 33.2 Å². The zero-order valence-corrected chi connectivity index (χ0v) is 11.4. The first-order valence-electron chi connectivity index (χ1n) is 6.26. The van der Waals surface area contributed by atoms with Gasteiger partial charge in [-0.3, -0.25) is 9.59 Å². The number of nitrogens with one attached hydrogen (secondary N) is 1. The van der Waals surface area contributed by atoms with E-state index in [0.717, 1.165) is 12.8 Å². The molecule has 106 valence electrons. The van der Waals surface area contributed by atoms with E-state index in [1.54, 1.807) is 13.8 Å². The third kappa shape index (κ3) is 7.24. The van der Waals surface area contributed by atoms with Crippen molar-refractivity contribution < 1.29 is 19.1 Å². The van der Waals surface area contributed by atoms with Gasteiger partial charge in [-0.1, -0.05) is 6.42 Å². The van der Waals surface area contributed by atoms with E-state index in [1.165, 1.54) is 7.11 Å². The lowest BCUT2D eigenvalue weighted by molar-refractivity contribution is -0.145. The van der Waals surface area contributed by atoms with E-state index in [9.17, 15) is 9.59 Å². The Kier molecular flexibility index (Phi) is 9.22. The smallest absolute Gasteiger partial charge is 0.322 e. The van der Waals surface area contributed by atoms with Crippen molar-refractivity contribution in [1.82, 2.24) is 5.32 Å². The van der Waals surface area contributed by atoms with E-state index in [2.05, 4.69) is 10.1 Å². The highest BCUT2D eigenvalue weighted by atomic mass is 16.5. The number of carbonyl (C=O) groups is 2. The summed E-state index contributed by atoms with van der Waals surface area (Å²) in [6.45, 7) is 4.61. The van der Waals surface area contributed by atoms with Crippen molar-refractivity contribution in [1.29, 1.82) is 0 Å². The zero-order valence-electron chi connectivity index (χ0n) is 11.4. The van der Waals surface area contributed by atoms with Crippen LogP contribution in [-0.4, -0.2) is 44.3 Å². The maximum absolute atomic E-state index is 11.3. The average molecular weight is 260 g/mol. The fraction of sp³-hybridized carbons (Fsp3) is 0.833. The molecule has 0 aliphatic heterocycles. The van der Waals surface area contributed by atoms with E-state index in [1.807, 2.05) is 0 Å². The molecule has 18 heavy (non-hydrogen) atoms. The van der Waals surface area contributed by atoms with Crippen molar-refractivity contribution in [3.8, 4) is 0 Å². The number of esters is 2. The van der Waals surface area contributed by atoms with Crippen LogP contribution in [0.4, 0.5) is 0 Å². The average Bonchev–Trinajstić information content (AvgIpc) is 2.37. The van der Waals surface area contributed by atoms with Crippen molar-refractivity contribution in [2.45, 2.75) is 45.2 Å². The predicted octanol–water partition coefficient (Wildman–Crippen LogP) is 0.198. The van der Waals surface area contributed by atoms with Gasteiger partial charge in [0.15, 0.2) is 0 Å². The number of carbonyl (C=O) groups excluding carboxylic acids is 2. The minimum absolute atomic E-state index is 0.247. The van der Waals surface area contributed by atoms with E-state index >= 15 is 0 Å². The topological polar surface area (TPSA) is 90.6 Å². The van der Waals surface area contributed by atoms with Gasteiger partial charge in [0, 0.05) is 0 Å². The predicted molar refractivity (Wildman–Crippen MR) is 67.9 cm³/mol. The first-order valence-corrected chi connectivity index (χ1v) is 6.26. The second kappa shape index (κ2) is 9.85. The zero-order chi connectivity index (χ0) is 14.0. The van der Waals surface area contributed by atoms with E-state index in [4.69, 9.17) is 10.5 Å². The molecule has 0 aromatic rings. The number of ether oxygens (including phenoxy) is 2. The highest BCUT2D eigenvalue weighted by Gasteiger charge is 2.14. The Morgan fingerprint density at radius 2 is 1.94 bits per heavy atom. The van der Waals surface area contributed by atoms with Crippen LogP contribution in [0.25, 0.3) is 0 Å². The van der Waals surface area contributed by atoms with Crippen molar-refractivity contribution in [2.24, 2.45) is 5.73 Å². The first-order chi connectivity index (χ1) is 8.52. The second-order valence-corrected chi connectivity index (χ2v) is 4.05. The molecule has 0 spiro atoms. The Labute approximate surface area is 108 Å². The summed E-state index contributed by atoms with van der Waals surface area (Å²) in [6, 6.07) is -0.864. The van der Waals surface area contributed by atoms with Crippen LogP contribution in [0, 0.1) is 0 Å².